The van der Waals surface area contributed by atoms with Crippen LogP contribution in [0.25, 0.3) is 0 Å². The molecule has 2 N–H and O–H groups in total. The highest BCUT2D eigenvalue weighted by atomic mass is 79.9. The van der Waals surface area contributed by atoms with Crippen LogP contribution in [0.2, 0.25) is 0 Å². The zero-order valence-electron chi connectivity index (χ0n) is 8.38. The largest absolute Gasteiger partial charge is 0.324 e. The molecule has 76 valence electrons. The summed E-state index contributed by atoms with van der Waals surface area (Å²) in [5, 5.41) is 0. The molecule has 0 unspecified atom stereocenters. The van der Waals surface area contributed by atoms with Gasteiger partial charge in [0.05, 0.1) is 6.54 Å². The van der Waals surface area contributed by atoms with E-state index in [1.165, 1.54) is 0 Å². The van der Waals surface area contributed by atoms with Gasteiger partial charge >= 0.3 is 0 Å². The Morgan fingerprint density at radius 2 is 2.14 bits per heavy atom. The van der Waals surface area contributed by atoms with Crippen molar-refractivity contribution in [3.63, 3.8) is 0 Å². The van der Waals surface area contributed by atoms with Crippen LogP contribution in [0.3, 0.4) is 0 Å². The molecule has 1 aromatic rings. The lowest BCUT2D eigenvalue weighted by Crippen LogP contribution is -2.34. The Hall–Kier alpha value is -0.670. The second-order valence-electron chi connectivity index (χ2n) is 3.76. The molecule has 0 amide bonds. The number of carbonyl (C=O) groups is 1. The van der Waals surface area contributed by atoms with Gasteiger partial charge in [-0.1, -0.05) is 28.1 Å². The van der Waals surface area contributed by atoms with Crippen molar-refractivity contribution >= 4 is 21.7 Å². The third kappa shape index (κ3) is 2.22. The summed E-state index contributed by atoms with van der Waals surface area (Å²) in [6.45, 7) is 3.87. The lowest BCUT2D eigenvalue weighted by Gasteiger charge is -2.23. The lowest BCUT2D eigenvalue weighted by molar-refractivity contribution is -0.122. The number of hydrogen-bond acceptors (Lipinski definition) is 2. The fraction of sp³-hybridized carbons (Fsp3) is 0.364. The zero-order valence-corrected chi connectivity index (χ0v) is 9.97. The topological polar surface area (TPSA) is 43.1 Å². The molecule has 0 radical (unpaired) electrons. The molecule has 1 aromatic carbocycles. The van der Waals surface area contributed by atoms with Gasteiger partial charge in [0.1, 0.15) is 0 Å². The maximum Gasteiger partial charge on any atom is 0.156 e. The predicted octanol–water partition coefficient (Wildman–Crippen LogP) is 2.25. The Labute approximate surface area is 92.6 Å². The van der Waals surface area contributed by atoms with Crippen LogP contribution in [-0.4, -0.2) is 12.3 Å². The van der Waals surface area contributed by atoms with E-state index in [9.17, 15) is 4.79 Å². The van der Waals surface area contributed by atoms with Gasteiger partial charge in [-0.3, -0.25) is 4.79 Å². The van der Waals surface area contributed by atoms with Crippen molar-refractivity contribution in [1.29, 1.82) is 0 Å². The number of hydrogen-bond donors (Lipinski definition) is 1. The van der Waals surface area contributed by atoms with E-state index < -0.39 is 5.41 Å². The maximum absolute atomic E-state index is 11.6. The lowest BCUT2D eigenvalue weighted by atomic mass is 9.80. The molecule has 0 saturated carbocycles. The Morgan fingerprint density at radius 1 is 1.50 bits per heavy atom. The Balaban J connectivity index is 3.09. The molecule has 0 heterocycles. The second-order valence-corrected chi connectivity index (χ2v) is 4.68. The zero-order chi connectivity index (χ0) is 10.8. The second kappa shape index (κ2) is 4.24. The van der Waals surface area contributed by atoms with E-state index in [-0.39, 0.29) is 12.3 Å². The van der Waals surface area contributed by atoms with Crippen LogP contribution in [0.15, 0.2) is 28.7 Å². The van der Waals surface area contributed by atoms with Crippen molar-refractivity contribution in [2.24, 2.45) is 5.73 Å². The van der Waals surface area contributed by atoms with Crippen molar-refractivity contribution in [1.82, 2.24) is 0 Å². The van der Waals surface area contributed by atoms with Crippen molar-refractivity contribution in [3.8, 4) is 0 Å². The third-order valence-electron chi connectivity index (χ3n) is 2.43. The minimum Gasteiger partial charge on any atom is -0.324 e. The Kier molecular flexibility index (Phi) is 3.45. The van der Waals surface area contributed by atoms with Gasteiger partial charge < -0.3 is 5.73 Å². The molecule has 0 bridgehead atoms. The van der Waals surface area contributed by atoms with E-state index >= 15 is 0 Å². The standard InChI is InChI=1S/C11H14BrNO/c1-11(2,10(14)7-13)8-4-3-5-9(12)6-8/h3-6H,7,13H2,1-2H3. The highest BCUT2D eigenvalue weighted by Gasteiger charge is 2.28. The van der Waals surface area contributed by atoms with E-state index in [2.05, 4.69) is 15.9 Å². The molecular weight excluding hydrogens is 242 g/mol. The van der Waals surface area contributed by atoms with Gasteiger partial charge in [0.2, 0.25) is 0 Å². The Bertz CT molecular complexity index is 347. The summed E-state index contributed by atoms with van der Waals surface area (Å²) in [4.78, 5) is 11.6. The molecule has 0 spiro atoms. The normalized spacial score (nSPS) is 11.4. The average Bonchev–Trinajstić information content (AvgIpc) is 2.16. The van der Waals surface area contributed by atoms with Crippen LogP contribution in [0.5, 0.6) is 0 Å². The third-order valence-corrected chi connectivity index (χ3v) is 2.92. The summed E-state index contributed by atoms with van der Waals surface area (Å²) in [6.07, 6.45) is 0. The molecule has 0 atom stereocenters. The molecule has 0 aliphatic carbocycles. The average molecular weight is 256 g/mol. The first-order valence-electron chi connectivity index (χ1n) is 4.48. The molecule has 14 heavy (non-hydrogen) atoms. The van der Waals surface area contributed by atoms with Crippen LogP contribution >= 0.6 is 15.9 Å². The highest BCUT2D eigenvalue weighted by molar-refractivity contribution is 9.10. The van der Waals surface area contributed by atoms with Gasteiger partial charge in [-0.2, -0.15) is 0 Å². The first kappa shape index (κ1) is 11.4. The van der Waals surface area contributed by atoms with Crippen molar-refractivity contribution in [2.45, 2.75) is 19.3 Å². The summed E-state index contributed by atoms with van der Waals surface area (Å²) in [5.74, 6) is 0.0515. The highest BCUT2D eigenvalue weighted by Crippen LogP contribution is 2.26. The minimum atomic E-state index is -0.501. The number of ketones is 1. The summed E-state index contributed by atoms with van der Waals surface area (Å²) in [5.41, 5.74) is 5.86. The molecule has 0 saturated heterocycles. The van der Waals surface area contributed by atoms with Crippen molar-refractivity contribution in [2.75, 3.05) is 6.54 Å². The number of rotatable bonds is 3. The molecule has 0 aliphatic rings. The van der Waals surface area contributed by atoms with E-state index in [1.54, 1.807) is 0 Å². The van der Waals surface area contributed by atoms with Crippen LogP contribution < -0.4 is 5.73 Å². The summed E-state index contributed by atoms with van der Waals surface area (Å²) in [7, 11) is 0. The fourth-order valence-corrected chi connectivity index (χ4v) is 1.69. The first-order chi connectivity index (χ1) is 6.48. The number of benzene rings is 1. The van der Waals surface area contributed by atoms with Crippen molar-refractivity contribution in [3.05, 3.63) is 34.3 Å². The van der Waals surface area contributed by atoms with Gasteiger partial charge in [-0.15, -0.1) is 0 Å². The van der Waals surface area contributed by atoms with Gasteiger partial charge in [0.15, 0.2) is 5.78 Å². The Morgan fingerprint density at radius 3 is 2.64 bits per heavy atom. The monoisotopic (exact) mass is 255 g/mol. The summed E-state index contributed by atoms with van der Waals surface area (Å²) < 4.78 is 0.980. The van der Waals surface area contributed by atoms with Crippen LogP contribution in [0, 0.1) is 0 Å². The summed E-state index contributed by atoms with van der Waals surface area (Å²) >= 11 is 3.38. The van der Waals surface area contributed by atoms with Crippen molar-refractivity contribution < 1.29 is 4.79 Å². The molecule has 0 aliphatic heterocycles. The molecule has 0 fully saturated rings. The summed E-state index contributed by atoms with van der Waals surface area (Å²) in [6, 6.07) is 7.75. The van der Waals surface area contributed by atoms with Crippen LogP contribution in [0.1, 0.15) is 19.4 Å². The molecule has 2 nitrogen and oxygen atoms in total. The van der Waals surface area contributed by atoms with Gasteiger partial charge in [0, 0.05) is 9.89 Å². The first-order valence-corrected chi connectivity index (χ1v) is 5.27. The van der Waals surface area contributed by atoms with Gasteiger partial charge in [-0.05, 0) is 31.5 Å². The van der Waals surface area contributed by atoms with Crippen LogP contribution in [-0.2, 0) is 10.2 Å². The van der Waals surface area contributed by atoms with E-state index in [0.29, 0.717) is 0 Å². The molecule has 0 aromatic heterocycles. The number of Topliss-reactive ketones (excluding diaryl/α,β-unsaturated/α-hetero) is 1. The van der Waals surface area contributed by atoms with E-state index in [4.69, 9.17) is 5.73 Å². The van der Waals surface area contributed by atoms with Gasteiger partial charge in [-0.25, -0.2) is 0 Å². The van der Waals surface area contributed by atoms with Crippen LogP contribution in [0.4, 0.5) is 0 Å². The number of carbonyl (C=O) groups excluding carboxylic acids is 1. The van der Waals surface area contributed by atoms with Gasteiger partial charge in [0.25, 0.3) is 0 Å². The predicted molar refractivity (Wildman–Crippen MR) is 61.2 cm³/mol. The number of nitrogens with two attached hydrogens (primary N) is 1. The SMILES string of the molecule is CC(C)(C(=O)CN)c1cccc(Br)c1. The fourth-order valence-electron chi connectivity index (χ4n) is 1.29. The van der Waals surface area contributed by atoms with E-state index in [0.717, 1.165) is 10.0 Å². The van der Waals surface area contributed by atoms with E-state index in [1.807, 2.05) is 38.1 Å². The minimum absolute atomic E-state index is 0.0515. The maximum atomic E-state index is 11.6. The quantitative estimate of drug-likeness (QED) is 0.901. The molecule has 1 rings (SSSR count). The molecular formula is C11H14BrNO. The smallest absolute Gasteiger partial charge is 0.156 e. The molecule has 3 heteroatoms. The number of halogens is 1.